The number of carbonyl (C=O) groups is 4. The first-order valence-corrected chi connectivity index (χ1v) is 21.5. The fourth-order valence-electron chi connectivity index (χ4n) is 8.41. The highest BCUT2D eigenvalue weighted by Gasteiger charge is 2.63. The summed E-state index contributed by atoms with van der Waals surface area (Å²) in [6.45, 7) is 7.71. The van der Waals surface area contributed by atoms with Gasteiger partial charge in [-0.25, -0.2) is 22.2 Å². The van der Waals surface area contributed by atoms with E-state index in [-0.39, 0.29) is 49.4 Å². The number of rotatable bonds is 11. The van der Waals surface area contributed by atoms with Crippen molar-refractivity contribution < 1.29 is 50.6 Å². The van der Waals surface area contributed by atoms with E-state index in [1.54, 1.807) is 38.4 Å². The summed E-state index contributed by atoms with van der Waals surface area (Å²) >= 11 is 0. The molecule has 1 saturated heterocycles. The van der Waals surface area contributed by atoms with Crippen LogP contribution in [-0.2, 0) is 33.9 Å². The first-order valence-electron chi connectivity index (χ1n) is 20.0. The van der Waals surface area contributed by atoms with E-state index in [1.807, 2.05) is 32.1 Å². The Morgan fingerprint density at radius 1 is 1.14 bits per heavy atom. The number of carbonyl (C=O) groups excluding carboxylic acids is 4. The van der Waals surface area contributed by atoms with Gasteiger partial charge in [0.05, 0.1) is 42.2 Å². The Morgan fingerprint density at radius 3 is 2.54 bits per heavy atom. The lowest BCUT2D eigenvalue weighted by Gasteiger charge is -2.34. The van der Waals surface area contributed by atoms with Crippen molar-refractivity contribution in [2.45, 2.75) is 128 Å². The van der Waals surface area contributed by atoms with Gasteiger partial charge >= 0.3 is 5.97 Å². The monoisotopic (exact) mass is 815 g/mol. The molecule has 0 unspecified atom stereocenters. The maximum absolute atomic E-state index is 15.0. The maximum atomic E-state index is 15.0. The van der Waals surface area contributed by atoms with E-state index in [1.165, 1.54) is 4.90 Å². The number of aromatic nitrogens is 1. The van der Waals surface area contributed by atoms with Crippen LogP contribution in [0.1, 0.15) is 98.8 Å². The van der Waals surface area contributed by atoms with Crippen molar-refractivity contribution >= 4 is 44.4 Å². The number of benzene rings is 1. The third kappa shape index (κ3) is 8.97. The van der Waals surface area contributed by atoms with Crippen LogP contribution >= 0.6 is 0 Å². The van der Waals surface area contributed by atoms with Gasteiger partial charge in [0.25, 0.3) is 6.43 Å². The molecular weight excluding hydrogens is 761 g/mol. The molecule has 15 heteroatoms. The number of nitrogens with one attached hydrogen (secondary N) is 1. The van der Waals surface area contributed by atoms with Gasteiger partial charge in [-0.2, -0.15) is 0 Å². The van der Waals surface area contributed by atoms with Crippen molar-refractivity contribution in [3.05, 3.63) is 42.6 Å². The first-order chi connectivity index (χ1) is 26.8. The number of alkyl halides is 2. The van der Waals surface area contributed by atoms with Crippen molar-refractivity contribution in [3.63, 3.8) is 0 Å². The lowest BCUT2D eigenvalue weighted by molar-refractivity contribution is -0.174. The van der Waals surface area contributed by atoms with Crippen LogP contribution in [0.4, 0.5) is 8.78 Å². The molecule has 0 bridgehead atoms. The molecule has 2 aliphatic carbocycles. The zero-order valence-electron chi connectivity index (χ0n) is 33.6. The quantitative estimate of drug-likeness (QED) is 0.195. The second kappa shape index (κ2) is 16.2. The summed E-state index contributed by atoms with van der Waals surface area (Å²) in [6, 6.07) is 6.10. The molecule has 1 N–H and O–H groups in total. The number of allylic oxidation sites excluding steroid dienone is 2. The lowest BCUT2D eigenvalue weighted by atomic mass is 9.79. The third-order valence-corrected chi connectivity index (χ3v) is 14.8. The highest BCUT2D eigenvalue weighted by molar-refractivity contribution is 7.91. The van der Waals surface area contributed by atoms with E-state index < -0.39 is 80.3 Å². The van der Waals surface area contributed by atoms with Gasteiger partial charge in [0.15, 0.2) is 11.4 Å². The Bertz CT molecular complexity index is 2020. The Kier molecular flexibility index (Phi) is 12.1. The van der Waals surface area contributed by atoms with E-state index in [0.29, 0.717) is 43.2 Å². The van der Waals surface area contributed by atoms with E-state index in [4.69, 9.17) is 14.2 Å². The van der Waals surface area contributed by atoms with Gasteiger partial charge in [-0.1, -0.05) is 32.4 Å². The van der Waals surface area contributed by atoms with Gasteiger partial charge < -0.3 is 19.1 Å². The number of pyridine rings is 1. The Morgan fingerprint density at radius 2 is 1.88 bits per heavy atom. The van der Waals surface area contributed by atoms with Gasteiger partial charge in [0.2, 0.25) is 27.7 Å². The highest BCUT2D eigenvalue weighted by atomic mass is 32.2. The molecule has 1 aromatic heterocycles. The van der Waals surface area contributed by atoms with Crippen LogP contribution in [-0.4, -0.2) is 84.4 Å². The van der Waals surface area contributed by atoms with E-state index in [0.717, 1.165) is 25.7 Å². The molecule has 7 atom stereocenters. The second-order valence-electron chi connectivity index (χ2n) is 17.4. The molecule has 57 heavy (non-hydrogen) atoms. The molecule has 312 valence electrons. The third-order valence-electron chi connectivity index (χ3n) is 12.6. The molecule has 4 aliphatic rings. The number of esters is 1. The van der Waals surface area contributed by atoms with Gasteiger partial charge in [0.1, 0.15) is 11.9 Å². The minimum Gasteiger partial charge on any atom is -0.497 e. The van der Waals surface area contributed by atoms with E-state index in [2.05, 4.69) is 9.71 Å². The second-order valence-corrected chi connectivity index (χ2v) is 19.6. The zero-order valence-corrected chi connectivity index (χ0v) is 34.4. The fourth-order valence-corrected chi connectivity index (χ4v) is 9.74. The number of halogens is 2. The Labute approximate surface area is 333 Å². The summed E-state index contributed by atoms with van der Waals surface area (Å²) in [4.78, 5) is 62.9. The average molecular weight is 816 g/mol. The predicted octanol–water partition coefficient (Wildman–Crippen LogP) is 6.55. The summed E-state index contributed by atoms with van der Waals surface area (Å²) in [5, 5.41) is 1.47. The van der Waals surface area contributed by atoms with Crippen LogP contribution in [0.25, 0.3) is 10.8 Å². The maximum Gasteiger partial charge on any atom is 0.307 e. The standard InChI is InChI=1S/C42H55F2N3O9S/c1-7-26-18-25(2)10-8-9-11-28-22-42(28,39(51)46-57(52,53)41(5)15-16-41)23-34(48)33-20-30(55-36-31-13-12-29(54-6)19-27(31)14-17-45-36)24-47(33)37(50)32(26)21-35(49)56-40(3,4)38(43)44/h9,11-14,17,19,25-26,28,30,32-33,38H,7-8,10,15-16,18,20-24H2,1-6H3,(H,46,51)/b11-9-/t25-,26-,28-,30-,32+,33+,42-/m1/s1. The molecule has 3 fully saturated rings. The average Bonchev–Trinajstić information content (AvgIpc) is 4.04. The summed E-state index contributed by atoms with van der Waals surface area (Å²) in [7, 11) is -2.44. The number of hydrogen-bond donors (Lipinski definition) is 1. The highest BCUT2D eigenvalue weighted by Crippen LogP contribution is 2.58. The summed E-state index contributed by atoms with van der Waals surface area (Å²) in [6.07, 6.45) is 4.52. The number of fused-ring (bicyclic) bond motifs is 3. The fraction of sp³-hybridized carbons (Fsp3) is 0.643. The summed E-state index contributed by atoms with van der Waals surface area (Å²) in [5.41, 5.74) is -3.42. The lowest BCUT2D eigenvalue weighted by Crippen LogP contribution is -2.48. The van der Waals surface area contributed by atoms with Crippen molar-refractivity contribution in [3.8, 4) is 11.6 Å². The molecule has 0 radical (unpaired) electrons. The van der Waals surface area contributed by atoms with Crippen LogP contribution < -0.4 is 14.2 Å². The van der Waals surface area contributed by atoms with Gasteiger partial charge in [-0.15, -0.1) is 0 Å². The van der Waals surface area contributed by atoms with Gasteiger partial charge in [0, 0.05) is 24.4 Å². The number of nitrogens with zero attached hydrogens (tertiary/aromatic N) is 2. The Balaban J connectivity index is 1.36. The molecular formula is C42H55F2N3O9S. The predicted molar refractivity (Wildman–Crippen MR) is 208 cm³/mol. The van der Waals surface area contributed by atoms with Crippen LogP contribution in [0.3, 0.4) is 0 Å². The van der Waals surface area contributed by atoms with E-state index in [9.17, 15) is 36.4 Å². The smallest absolute Gasteiger partial charge is 0.307 e. The van der Waals surface area contributed by atoms with Gasteiger partial charge in [-0.3, -0.25) is 23.9 Å². The number of methoxy groups -OCH3 is 1. The topological polar surface area (TPSA) is 158 Å². The number of Topliss-reactive ketones (excluding diaryl/α,β-unsaturated/α-hetero) is 1. The van der Waals surface area contributed by atoms with E-state index >= 15 is 0 Å². The molecule has 2 aromatic rings. The number of amides is 2. The van der Waals surface area contributed by atoms with Gasteiger partial charge in [-0.05, 0) is 107 Å². The van der Waals surface area contributed by atoms with Crippen molar-refractivity contribution in [2.24, 2.45) is 29.1 Å². The van der Waals surface area contributed by atoms with Crippen LogP contribution in [0, 0.1) is 29.1 Å². The normalized spacial score (nSPS) is 29.7. The molecule has 2 aliphatic heterocycles. The summed E-state index contributed by atoms with van der Waals surface area (Å²) < 4.78 is 72.4. The van der Waals surface area contributed by atoms with Crippen LogP contribution in [0.5, 0.6) is 11.6 Å². The molecule has 2 saturated carbocycles. The zero-order chi connectivity index (χ0) is 41.5. The summed E-state index contributed by atoms with van der Waals surface area (Å²) in [5.74, 6) is -3.38. The SMILES string of the molecule is CC[C@@H]1C[C@H](C)CC/C=C\[C@@H]2C[C@@]2(C(=O)NS(=O)(=O)C2(C)CC2)CC(=O)[C@@H]2C[C@@H](Oc3nccc4cc(OC)ccc34)CN2C(=O)[C@H]1CC(=O)OC(C)(C)C(F)F. The van der Waals surface area contributed by atoms with Crippen molar-refractivity contribution in [2.75, 3.05) is 13.7 Å². The number of ketones is 1. The first kappa shape index (κ1) is 42.5. The van der Waals surface area contributed by atoms with Crippen molar-refractivity contribution in [1.82, 2.24) is 14.6 Å². The number of ether oxygens (including phenoxy) is 3. The minimum atomic E-state index is -4.00. The molecule has 2 amide bonds. The molecule has 1 aromatic carbocycles. The molecule has 6 rings (SSSR count). The largest absolute Gasteiger partial charge is 0.497 e. The number of hydrogen-bond acceptors (Lipinski definition) is 10. The Hall–Kier alpha value is -4.14. The van der Waals surface area contributed by atoms with Crippen molar-refractivity contribution in [1.29, 1.82) is 0 Å². The minimum absolute atomic E-state index is 0.0378. The number of sulfonamides is 1. The van der Waals surface area contributed by atoms with Crippen LogP contribution in [0.15, 0.2) is 42.6 Å². The molecule has 12 nitrogen and oxygen atoms in total. The van der Waals surface area contributed by atoms with Crippen LogP contribution in [0.2, 0.25) is 0 Å². The molecule has 0 spiro atoms. The molecule has 3 heterocycles.